The van der Waals surface area contributed by atoms with Gasteiger partial charge in [-0.05, 0) is 31.0 Å². The van der Waals surface area contributed by atoms with Crippen molar-refractivity contribution >= 4 is 33.1 Å². The van der Waals surface area contributed by atoms with Crippen LogP contribution in [0.3, 0.4) is 0 Å². The first-order chi connectivity index (χ1) is 15.3. The number of fused-ring (bicyclic) bond motifs is 3. The lowest BCUT2D eigenvalue weighted by Crippen LogP contribution is -1.99. The normalized spacial score (nSPS) is 11.4. The molecule has 2 N–H and O–H groups in total. The van der Waals surface area contributed by atoms with Crippen molar-refractivity contribution in [3.8, 4) is 27.6 Å². The number of unbranched alkanes of at least 4 members (excludes halogenated alkanes) is 1. The number of aromatic hydroxyl groups is 1. The van der Waals surface area contributed by atoms with Crippen LogP contribution in [0.25, 0.3) is 37.9 Å². The maximum atomic E-state index is 11.3. The lowest BCUT2D eigenvalue weighted by atomic mass is 10.1. The van der Waals surface area contributed by atoms with Crippen LogP contribution >= 0.6 is 11.3 Å². The van der Waals surface area contributed by atoms with Crippen LogP contribution in [0.4, 0.5) is 0 Å². The lowest BCUT2D eigenvalue weighted by Gasteiger charge is -2.11. The molecule has 0 fully saturated rings. The number of nitrogens with zero attached hydrogens (tertiary/aromatic N) is 1. The number of benzene rings is 3. The minimum absolute atomic E-state index is 0.165. The number of ether oxygens (including phenoxy) is 1. The Hall–Kier alpha value is -3.28. The van der Waals surface area contributed by atoms with Crippen molar-refractivity contribution in [2.75, 3.05) is 13.2 Å². The molecule has 4 nitrogen and oxygen atoms in total. The van der Waals surface area contributed by atoms with Gasteiger partial charge in [-0.2, -0.15) is 0 Å². The summed E-state index contributed by atoms with van der Waals surface area (Å²) in [5, 5.41) is 25.4. The third kappa shape index (κ3) is 3.46. The van der Waals surface area contributed by atoms with E-state index in [4.69, 9.17) is 9.84 Å². The minimum Gasteiger partial charge on any atom is -0.504 e. The summed E-state index contributed by atoms with van der Waals surface area (Å²) in [7, 11) is 0. The quantitative estimate of drug-likeness (QED) is 0.296. The van der Waals surface area contributed by atoms with Crippen molar-refractivity contribution in [1.82, 2.24) is 4.57 Å². The SMILES string of the molecule is OCCCCOc1ccccc1-c1csc(-n2c3ccccc3c3ccccc32)c1O. The fourth-order valence-corrected chi connectivity index (χ4v) is 5.04. The molecule has 2 aromatic heterocycles. The summed E-state index contributed by atoms with van der Waals surface area (Å²) in [6.45, 7) is 0.695. The Morgan fingerprint density at radius 3 is 2.13 bits per heavy atom. The van der Waals surface area contributed by atoms with Gasteiger partial charge in [0.1, 0.15) is 10.8 Å². The molecule has 0 aliphatic heterocycles. The summed E-state index contributed by atoms with van der Waals surface area (Å²) in [5.74, 6) is 0.991. The Morgan fingerprint density at radius 1 is 0.774 bits per heavy atom. The Morgan fingerprint density at radius 2 is 1.42 bits per heavy atom. The molecule has 0 unspecified atom stereocenters. The number of aliphatic hydroxyl groups excluding tert-OH is 1. The van der Waals surface area contributed by atoms with E-state index in [1.807, 2.05) is 53.9 Å². The van der Waals surface area contributed by atoms with Gasteiger partial charge in [0.15, 0.2) is 5.75 Å². The molecule has 0 radical (unpaired) electrons. The van der Waals surface area contributed by atoms with Crippen LogP contribution in [0.1, 0.15) is 12.8 Å². The van der Waals surface area contributed by atoms with Gasteiger partial charge in [-0.15, -0.1) is 11.3 Å². The molecule has 0 spiro atoms. The Labute approximate surface area is 184 Å². The lowest BCUT2D eigenvalue weighted by molar-refractivity contribution is 0.253. The average Bonchev–Trinajstić information content (AvgIpc) is 3.34. The predicted octanol–water partition coefficient (Wildman–Crippen LogP) is 6.37. The van der Waals surface area contributed by atoms with E-state index in [1.165, 1.54) is 22.1 Å². The highest BCUT2D eigenvalue weighted by atomic mass is 32.1. The van der Waals surface area contributed by atoms with Gasteiger partial charge in [-0.25, -0.2) is 0 Å². The van der Waals surface area contributed by atoms with Crippen molar-refractivity contribution in [1.29, 1.82) is 0 Å². The van der Waals surface area contributed by atoms with Crippen molar-refractivity contribution in [3.63, 3.8) is 0 Å². The first-order valence-electron chi connectivity index (χ1n) is 10.4. The van der Waals surface area contributed by atoms with Gasteiger partial charge < -0.3 is 14.9 Å². The van der Waals surface area contributed by atoms with Gasteiger partial charge in [0.2, 0.25) is 0 Å². The summed E-state index contributed by atoms with van der Waals surface area (Å²) in [6, 6.07) is 24.3. The van der Waals surface area contributed by atoms with E-state index in [0.717, 1.165) is 39.3 Å². The molecule has 0 atom stereocenters. The largest absolute Gasteiger partial charge is 0.504 e. The van der Waals surface area contributed by atoms with Crippen molar-refractivity contribution < 1.29 is 14.9 Å². The van der Waals surface area contributed by atoms with E-state index in [2.05, 4.69) is 28.8 Å². The minimum atomic E-state index is 0.165. The molecular formula is C26H23NO3S. The third-order valence-electron chi connectivity index (χ3n) is 5.52. The zero-order valence-corrected chi connectivity index (χ0v) is 17.8. The number of hydrogen-bond donors (Lipinski definition) is 2. The highest BCUT2D eigenvalue weighted by molar-refractivity contribution is 7.13. The molecule has 0 saturated heterocycles. The van der Waals surface area contributed by atoms with Gasteiger partial charge in [0.05, 0.1) is 17.6 Å². The molecule has 2 heterocycles. The second-order valence-corrected chi connectivity index (χ2v) is 8.31. The maximum Gasteiger partial charge on any atom is 0.158 e. The van der Waals surface area contributed by atoms with Crippen LogP contribution in [-0.2, 0) is 0 Å². The summed E-state index contributed by atoms with van der Waals surface area (Å²) in [4.78, 5) is 0. The first kappa shape index (κ1) is 19.7. The number of hydrogen-bond acceptors (Lipinski definition) is 4. The molecule has 5 heteroatoms. The van der Waals surface area contributed by atoms with Gasteiger partial charge in [0, 0.05) is 33.9 Å². The summed E-state index contributed by atoms with van der Waals surface area (Å²) >= 11 is 1.52. The highest BCUT2D eigenvalue weighted by Crippen LogP contribution is 2.45. The molecule has 0 saturated carbocycles. The molecule has 0 aliphatic rings. The fourth-order valence-electron chi connectivity index (χ4n) is 4.04. The number of rotatable bonds is 7. The van der Waals surface area contributed by atoms with Crippen LogP contribution in [0, 0.1) is 0 Å². The monoisotopic (exact) mass is 429 g/mol. The summed E-state index contributed by atoms with van der Waals surface area (Å²) in [5.41, 5.74) is 3.77. The summed E-state index contributed by atoms with van der Waals surface area (Å²) in [6.07, 6.45) is 1.50. The highest BCUT2D eigenvalue weighted by Gasteiger charge is 2.20. The van der Waals surface area contributed by atoms with E-state index in [-0.39, 0.29) is 12.4 Å². The van der Waals surface area contributed by atoms with E-state index >= 15 is 0 Å². The molecule has 0 aliphatic carbocycles. The van der Waals surface area contributed by atoms with Gasteiger partial charge in [0.25, 0.3) is 0 Å². The smallest absolute Gasteiger partial charge is 0.158 e. The van der Waals surface area contributed by atoms with E-state index in [0.29, 0.717) is 13.0 Å². The van der Waals surface area contributed by atoms with Crippen LogP contribution in [-0.4, -0.2) is 28.0 Å². The van der Waals surface area contributed by atoms with Crippen LogP contribution in [0.2, 0.25) is 0 Å². The van der Waals surface area contributed by atoms with Gasteiger partial charge >= 0.3 is 0 Å². The standard InChI is InChI=1S/C26H23NO3S/c28-15-7-8-16-30-24-14-6-3-11-20(24)21-17-31-26(25(21)29)27-22-12-4-1-9-18(22)19-10-2-5-13-23(19)27/h1-6,9-14,17,28-29H,7-8,15-16H2. The molecule has 0 bridgehead atoms. The Balaban J connectivity index is 1.62. The Kier molecular flexibility index (Phi) is 5.37. The van der Waals surface area contributed by atoms with Crippen LogP contribution < -0.4 is 4.74 Å². The molecule has 5 rings (SSSR count). The van der Waals surface area contributed by atoms with Crippen molar-refractivity contribution in [3.05, 3.63) is 78.2 Å². The van der Waals surface area contributed by atoms with Gasteiger partial charge in [-0.1, -0.05) is 54.6 Å². The molecule has 5 aromatic rings. The van der Waals surface area contributed by atoms with E-state index in [1.54, 1.807) is 0 Å². The van der Waals surface area contributed by atoms with E-state index < -0.39 is 0 Å². The number of thiophene rings is 1. The molecule has 3 aromatic carbocycles. The Bertz CT molecular complexity index is 1300. The zero-order valence-electron chi connectivity index (χ0n) is 17.0. The zero-order chi connectivity index (χ0) is 21.2. The number of aliphatic hydroxyl groups is 1. The second-order valence-electron chi connectivity index (χ2n) is 7.45. The van der Waals surface area contributed by atoms with Crippen LogP contribution in [0.5, 0.6) is 11.5 Å². The van der Waals surface area contributed by atoms with Crippen molar-refractivity contribution in [2.24, 2.45) is 0 Å². The van der Waals surface area contributed by atoms with Crippen molar-refractivity contribution in [2.45, 2.75) is 12.8 Å². The second kappa shape index (κ2) is 8.46. The number of aromatic nitrogens is 1. The molecule has 0 amide bonds. The predicted molar refractivity (Wildman–Crippen MR) is 128 cm³/mol. The first-order valence-corrected chi connectivity index (χ1v) is 11.3. The number of para-hydroxylation sites is 3. The molecule has 31 heavy (non-hydrogen) atoms. The summed E-state index contributed by atoms with van der Waals surface area (Å²) < 4.78 is 8.10. The maximum absolute atomic E-state index is 11.3. The van der Waals surface area contributed by atoms with E-state index in [9.17, 15) is 5.11 Å². The topological polar surface area (TPSA) is 54.6 Å². The molecule has 156 valence electrons. The average molecular weight is 430 g/mol. The molecular weight excluding hydrogens is 406 g/mol. The fraction of sp³-hybridized carbons (Fsp3) is 0.154. The van der Waals surface area contributed by atoms with Crippen LogP contribution in [0.15, 0.2) is 78.2 Å². The third-order valence-corrected chi connectivity index (χ3v) is 6.47. The van der Waals surface area contributed by atoms with Gasteiger partial charge in [-0.3, -0.25) is 4.57 Å².